The zero-order valence-corrected chi connectivity index (χ0v) is 13.5. The van der Waals surface area contributed by atoms with Gasteiger partial charge in [-0.3, -0.25) is 4.79 Å². The summed E-state index contributed by atoms with van der Waals surface area (Å²) in [6, 6.07) is 12.1. The highest BCUT2D eigenvalue weighted by molar-refractivity contribution is 6.35. The molecule has 0 fully saturated rings. The Hall–Kier alpha value is -1.97. The Balaban J connectivity index is 1.98. The van der Waals surface area contributed by atoms with Gasteiger partial charge < -0.3 is 10.1 Å². The van der Waals surface area contributed by atoms with E-state index in [4.69, 9.17) is 27.9 Å². The molecular weight excluding hydrogens is 321 g/mol. The van der Waals surface area contributed by atoms with E-state index in [9.17, 15) is 4.79 Å². The quantitative estimate of drug-likeness (QED) is 0.582. The third kappa shape index (κ3) is 4.79. The maximum atomic E-state index is 12.0. The van der Waals surface area contributed by atoms with Crippen LogP contribution >= 0.6 is 23.2 Å². The van der Waals surface area contributed by atoms with Crippen LogP contribution in [0.3, 0.4) is 0 Å². The molecule has 0 saturated carbocycles. The van der Waals surface area contributed by atoms with Crippen molar-refractivity contribution in [3.63, 3.8) is 0 Å². The number of ketones is 1. The summed E-state index contributed by atoms with van der Waals surface area (Å²) in [6.07, 6.45) is 3.01. The first kappa shape index (κ1) is 16.4. The molecule has 0 radical (unpaired) electrons. The second-order valence-corrected chi connectivity index (χ2v) is 5.33. The molecule has 2 aromatic carbocycles. The van der Waals surface area contributed by atoms with Crippen molar-refractivity contribution in [2.24, 2.45) is 0 Å². The number of anilines is 1. The van der Waals surface area contributed by atoms with Crippen molar-refractivity contribution in [3.8, 4) is 5.75 Å². The van der Waals surface area contributed by atoms with Gasteiger partial charge in [-0.2, -0.15) is 0 Å². The fourth-order valence-corrected chi connectivity index (χ4v) is 2.36. The average Bonchev–Trinajstić information content (AvgIpc) is 2.47. The van der Waals surface area contributed by atoms with Crippen LogP contribution in [0.4, 0.5) is 5.69 Å². The Morgan fingerprint density at radius 2 is 1.77 bits per heavy atom. The number of carbonyl (C=O) groups is 1. The molecule has 0 spiro atoms. The highest BCUT2D eigenvalue weighted by Gasteiger charge is 2.02. The van der Waals surface area contributed by atoms with Gasteiger partial charge in [0.05, 0.1) is 6.61 Å². The molecule has 0 unspecified atom stereocenters. The maximum absolute atomic E-state index is 12.0. The molecule has 0 aliphatic rings. The summed E-state index contributed by atoms with van der Waals surface area (Å²) >= 11 is 11.8. The number of halogens is 2. The number of benzene rings is 2. The van der Waals surface area contributed by atoms with Gasteiger partial charge in [-0.25, -0.2) is 0 Å². The van der Waals surface area contributed by atoms with Crippen LogP contribution in [0.1, 0.15) is 17.3 Å². The van der Waals surface area contributed by atoms with Gasteiger partial charge in [-0.1, -0.05) is 23.2 Å². The summed E-state index contributed by atoms with van der Waals surface area (Å²) in [4.78, 5) is 12.0. The fourth-order valence-electron chi connectivity index (χ4n) is 1.83. The highest BCUT2D eigenvalue weighted by Crippen LogP contribution is 2.22. The summed E-state index contributed by atoms with van der Waals surface area (Å²) in [7, 11) is 0. The summed E-state index contributed by atoms with van der Waals surface area (Å²) in [5, 5.41) is 4.02. The van der Waals surface area contributed by atoms with Gasteiger partial charge in [0.25, 0.3) is 0 Å². The van der Waals surface area contributed by atoms with Gasteiger partial charge in [0, 0.05) is 33.6 Å². The molecule has 5 heteroatoms. The summed E-state index contributed by atoms with van der Waals surface area (Å²) < 4.78 is 5.34. The number of allylic oxidation sites excluding steroid dienone is 1. The van der Waals surface area contributed by atoms with Gasteiger partial charge in [0.1, 0.15) is 5.75 Å². The molecule has 0 aliphatic carbocycles. The Bertz CT molecular complexity index is 661. The van der Waals surface area contributed by atoms with Crippen molar-refractivity contribution in [3.05, 3.63) is 70.3 Å². The number of hydrogen-bond acceptors (Lipinski definition) is 3. The third-order valence-corrected chi connectivity index (χ3v) is 3.23. The van der Waals surface area contributed by atoms with E-state index < -0.39 is 0 Å². The van der Waals surface area contributed by atoms with Crippen LogP contribution in [0.25, 0.3) is 0 Å². The molecule has 0 bridgehead atoms. The van der Waals surface area contributed by atoms with Crippen LogP contribution in [0, 0.1) is 0 Å². The molecule has 114 valence electrons. The molecule has 1 N–H and O–H groups in total. The third-order valence-electron chi connectivity index (χ3n) is 2.80. The SMILES string of the molecule is CCOc1ccc(C(=O)/C=C/Nc2cc(Cl)cc(Cl)c2)cc1. The van der Waals surface area contributed by atoms with Crippen LogP contribution in [0.15, 0.2) is 54.7 Å². The minimum absolute atomic E-state index is 0.108. The lowest BCUT2D eigenvalue weighted by molar-refractivity contribution is 0.104. The van der Waals surface area contributed by atoms with E-state index in [1.165, 1.54) is 6.08 Å². The first-order valence-corrected chi connectivity index (χ1v) is 7.50. The Morgan fingerprint density at radius 1 is 1.14 bits per heavy atom. The molecule has 2 rings (SSSR count). The number of nitrogens with one attached hydrogen (secondary N) is 1. The largest absolute Gasteiger partial charge is 0.494 e. The zero-order valence-electron chi connectivity index (χ0n) is 12.0. The second-order valence-electron chi connectivity index (χ2n) is 4.46. The monoisotopic (exact) mass is 335 g/mol. The summed E-state index contributed by atoms with van der Waals surface area (Å²) in [5.74, 6) is 0.637. The lowest BCUT2D eigenvalue weighted by Crippen LogP contribution is -1.97. The number of rotatable bonds is 6. The smallest absolute Gasteiger partial charge is 0.187 e. The molecule has 0 atom stereocenters. The summed E-state index contributed by atoms with van der Waals surface area (Å²) in [6.45, 7) is 2.51. The number of carbonyl (C=O) groups excluding carboxylic acids is 1. The second kappa shape index (κ2) is 7.87. The maximum Gasteiger partial charge on any atom is 0.187 e. The first-order chi connectivity index (χ1) is 10.6. The van der Waals surface area contributed by atoms with E-state index in [2.05, 4.69) is 5.32 Å². The van der Waals surface area contributed by atoms with Gasteiger partial charge in [0.2, 0.25) is 0 Å². The van der Waals surface area contributed by atoms with Crippen LogP contribution in [-0.2, 0) is 0 Å². The van der Waals surface area contributed by atoms with E-state index in [0.29, 0.717) is 27.9 Å². The van der Waals surface area contributed by atoms with Crippen molar-refractivity contribution < 1.29 is 9.53 Å². The van der Waals surface area contributed by atoms with Crippen molar-refractivity contribution >= 4 is 34.7 Å². The van der Waals surface area contributed by atoms with Gasteiger partial charge in [0.15, 0.2) is 5.78 Å². The van der Waals surface area contributed by atoms with Crippen molar-refractivity contribution in [1.29, 1.82) is 0 Å². The van der Waals surface area contributed by atoms with Crippen LogP contribution in [-0.4, -0.2) is 12.4 Å². The van der Waals surface area contributed by atoms with Crippen molar-refractivity contribution in [2.75, 3.05) is 11.9 Å². The molecule has 0 aromatic heterocycles. The standard InChI is InChI=1S/C17H15Cl2NO2/c1-2-22-16-5-3-12(4-6-16)17(21)7-8-20-15-10-13(18)9-14(19)11-15/h3-11,20H,2H2,1H3/b8-7+. The average molecular weight is 336 g/mol. The van der Waals surface area contributed by atoms with E-state index >= 15 is 0 Å². The first-order valence-electron chi connectivity index (χ1n) is 6.75. The van der Waals surface area contributed by atoms with Gasteiger partial charge in [-0.05, 0) is 49.4 Å². The molecule has 2 aromatic rings. The van der Waals surface area contributed by atoms with E-state index in [1.54, 1.807) is 48.7 Å². The molecule has 0 amide bonds. The molecule has 3 nitrogen and oxygen atoms in total. The fraction of sp³-hybridized carbons (Fsp3) is 0.118. The molecular formula is C17H15Cl2NO2. The zero-order chi connectivity index (χ0) is 15.9. The Morgan fingerprint density at radius 3 is 2.36 bits per heavy atom. The molecule has 0 heterocycles. The highest BCUT2D eigenvalue weighted by atomic mass is 35.5. The Kier molecular flexibility index (Phi) is 5.87. The number of ether oxygens (including phenoxy) is 1. The lowest BCUT2D eigenvalue weighted by atomic mass is 10.1. The van der Waals surface area contributed by atoms with Crippen LogP contribution < -0.4 is 10.1 Å². The molecule has 0 saturated heterocycles. The van der Waals surface area contributed by atoms with Gasteiger partial charge in [-0.15, -0.1) is 0 Å². The molecule has 0 aliphatic heterocycles. The van der Waals surface area contributed by atoms with E-state index in [-0.39, 0.29) is 5.78 Å². The molecule has 22 heavy (non-hydrogen) atoms. The Labute approximate surface area is 139 Å². The number of hydrogen-bond donors (Lipinski definition) is 1. The summed E-state index contributed by atoms with van der Waals surface area (Å²) in [5.41, 5.74) is 1.30. The minimum Gasteiger partial charge on any atom is -0.494 e. The normalized spacial score (nSPS) is 10.7. The van der Waals surface area contributed by atoms with Crippen molar-refractivity contribution in [1.82, 2.24) is 0 Å². The van der Waals surface area contributed by atoms with Gasteiger partial charge >= 0.3 is 0 Å². The van der Waals surface area contributed by atoms with E-state index in [1.807, 2.05) is 6.92 Å². The topological polar surface area (TPSA) is 38.3 Å². The van der Waals surface area contributed by atoms with E-state index in [0.717, 1.165) is 5.75 Å². The lowest BCUT2D eigenvalue weighted by Gasteiger charge is -2.04. The minimum atomic E-state index is -0.108. The predicted molar refractivity (Wildman–Crippen MR) is 91.2 cm³/mol. The van der Waals surface area contributed by atoms with Crippen LogP contribution in [0.2, 0.25) is 10.0 Å². The van der Waals surface area contributed by atoms with Crippen molar-refractivity contribution in [2.45, 2.75) is 6.92 Å². The predicted octanol–water partition coefficient (Wildman–Crippen LogP) is 5.20. The van der Waals surface area contributed by atoms with Crippen LogP contribution in [0.5, 0.6) is 5.75 Å².